The van der Waals surface area contributed by atoms with Gasteiger partial charge in [0.2, 0.25) is 0 Å². The largest absolute Gasteiger partial charge is 0.507 e. The van der Waals surface area contributed by atoms with Gasteiger partial charge in [0.05, 0.1) is 18.0 Å². The van der Waals surface area contributed by atoms with Crippen molar-refractivity contribution in [2.45, 2.75) is 6.42 Å². The summed E-state index contributed by atoms with van der Waals surface area (Å²) in [7, 11) is 0. The normalized spacial score (nSPS) is 10.3. The highest BCUT2D eigenvalue weighted by Crippen LogP contribution is 2.31. The molecule has 2 aromatic rings. The van der Waals surface area contributed by atoms with Crippen LogP contribution in [-0.4, -0.2) is 10.1 Å². The zero-order valence-electron chi connectivity index (χ0n) is 7.21. The van der Waals surface area contributed by atoms with Gasteiger partial charge in [-0.15, -0.1) is 0 Å². The number of fused-ring (bicyclic) bond motifs is 1. The molecule has 0 saturated carbocycles. The van der Waals surface area contributed by atoms with Gasteiger partial charge in [-0.1, -0.05) is 15.9 Å². The van der Waals surface area contributed by atoms with Crippen molar-refractivity contribution >= 4 is 26.8 Å². The van der Waals surface area contributed by atoms with Crippen LogP contribution in [0.15, 0.2) is 22.8 Å². The lowest BCUT2D eigenvalue weighted by atomic mass is 10.1. The molecule has 14 heavy (non-hydrogen) atoms. The Morgan fingerprint density at radius 1 is 1.50 bits per heavy atom. The second-order valence-electron chi connectivity index (χ2n) is 3.00. The van der Waals surface area contributed by atoms with Crippen molar-refractivity contribution in [3.8, 4) is 11.8 Å². The number of hydrogen-bond donors (Lipinski definition) is 2. The number of rotatable bonds is 1. The van der Waals surface area contributed by atoms with Crippen molar-refractivity contribution in [2.75, 3.05) is 0 Å². The number of phenols is 1. The van der Waals surface area contributed by atoms with Gasteiger partial charge in [-0.05, 0) is 17.7 Å². The smallest absolute Gasteiger partial charge is 0.126 e. The second-order valence-corrected chi connectivity index (χ2v) is 3.91. The minimum atomic E-state index is 0.195. The van der Waals surface area contributed by atoms with Crippen LogP contribution in [0.25, 0.3) is 10.9 Å². The topological polar surface area (TPSA) is 59.8 Å². The number of aromatic hydroxyl groups is 1. The number of halogens is 1. The number of phenolic OH excluding ortho intramolecular Hbond substituents is 1. The highest BCUT2D eigenvalue weighted by molar-refractivity contribution is 9.10. The molecule has 70 valence electrons. The summed E-state index contributed by atoms with van der Waals surface area (Å²) in [6.45, 7) is 0. The Kier molecular flexibility index (Phi) is 2.18. The Labute approximate surface area is 89.1 Å². The maximum Gasteiger partial charge on any atom is 0.126 e. The van der Waals surface area contributed by atoms with E-state index in [9.17, 15) is 5.11 Å². The fourth-order valence-electron chi connectivity index (χ4n) is 1.51. The molecule has 0 atom stereocenters. The lowest BCUT2D eigenvalue weighted by Gasteiger charge is -1.98. The first-order chi connectivity index (χ1) is 6.72. The second kappa shape index (κ2) is 3.35. The summed E-state index contributed by atoms with van der Waals surface area (Å²) < 4.78 is 0.813. The van der Waals surface area contributed by atoms with Gasteiger partial charge in [-0.3, -0.25) is 0 Å². The summed E-state index contributed by atoms with van der Waals surface area (Å²) in [5.41, 5.74) is 1.66. The molecule has 2 N–H and O–H groups in total. The SMILES string of the molecule is N#CCc1c[nH]c2cc(Br)cc(O)c12. The van der Waals surface area contributed by atoms with Crippen molar-refractivity contribution in [2.24, 2.45) is 0 Å². The van der Waals surface area contributed by atoms with Crippen LogP contribution >= 0.6 is 15.9 Å². The van der Waals surface area contributed by atoms with Gasteiger partial charge < -0.3 is 10.1 Å². The standard InChI is InChI=1S/C10H7BrN2O/c11-7-3-8-10(9(14)4-7)6(1-2-12)5-13-8/h3-5,13-14H,1H2. The Hall–Kier alpha value is -1.47. The zero-order valence-corrected chi connectivity index (χ0v) is 8.80. The molecule has 0 aliphatic rings. The average molecular weight is 251 g/mol. The highest BCUT2D eigenvalue weighted by Gasteiger charge is 2.08. The molecule has 0 bridgehead atoms. The molecule has 3 nitrogen and oxygen atoms in total. The van der Waals surface area contributed by atoms with Gasteiger partial charge in [0, 0.05) is 16.1 Å². The van der Waals surface area contributed by atoms with E-state index in [1.54, 1.807) is 12.3 Å². The molecular formula is C10H7BrN2O. The van der Waals surface area contributed by atoms with E-state index >= 15 is 0 Å². The number of hydrogen-bond acceptors (Lipinski definition) is 2. The van der Waals surface area contributed by atoms with E-state index in [2.05, 4.69) is 27.0 Å². The fraction of sp³-hybridized carbons (Fsp3) is 0.100. The number of nitrogens with zero attached hydrogens (tertiary/aromatic N) is 1. The maximum absolute atomic E-state index is 9.69. The number of aromatic nitrogens is 1. The van der Waals surface area contributed by atoms with E-state index in [0.717, 1.165) is 20.9 Å². The molecule has 1 aromatic heterocycles. The lowest BCUT2D eigenvalue weighted by Crippen LogP contribution is -1.78. The molecule has 0 unspecified atom stereocenters. The Bertz CT molecular complexity index is 525. The summed E-state index contributed by atoms with van der Waals surface area (Å²) >= 11 is 3.29. The number of nitriles is 1. The predicted molar refractivity (Wildman–Crippen MR) is 57.0 cm³/mol. The van der Waals surface area contributed by atoms with Gasteiger partial charge in [-0.25, -0.2) is 0 Å². The van der Waals surface area contributed by atoms with Crippen LogP contribution < -0.4 is 0 Å². The molecular weight excluding hydrogens is 244 g/mol. The number of nitrogens with one attached hydrogen (secondary N) is 1. The molecule has 0 saturated heterocycles. The third-order valence-corrected chi connectivity index (χ3v) is 2.53. The first-order valence-electron chi connectivity index (χ1n) is 4.08. The molecule has 0 radical (unpaired) electrons. The van der Waals surface area contributed by atoms with Gasteiger partial charge in [0.25, 0.3) is 0 Å². The molecule has 0 aliphatic heterocycles. The molecule has 1 aromatic carbocycles. The van der Waals surface area contributed by atoms with Crippen LogP contribution in [-0.2, 0) is 6.42 Å². The molecule has 4 heteroatoms. The molecule has 0 aliphatic carbocycles. The maximum atomic E-state index is 9.69. The van der Waals surface area contributed by atoms with Gasteiger partial charge >= 0.3 is 0 Å². The Balaban J connectivity index is 2.74. The zero-order chi connectivity index (χ0) is 10.1. The highest BCUT2D eigenvalue weighted by atomic mass is 79.9. The van der Waals surface area contributed by atoms with Crippen molar-refractivity contribution in [1.82, 2.24) is 4.98 Å². The third kappa shape index (κ3) is 1.36. The van der Waals surface area contributed by atoms with Gasteiger partial charge in [0.15, 0.2) is 0 Å². The number of benzene rings is 1. The molecule has 0 spiro atoms. The fourth-order valence-corrected chi connectivity index (χ4v) is 1.95. The van der Waals surface area contributed by atoms with Gasteiger partial charge in [-0.2, -0.15) is 5.26 Å². The van der Waals surface area contributed by atoms with Crippen molar-refractivity contribution in [3.63, 3.8) is 0 Å². The van der Waals surface area contributed by atoms with Crippen molar-refractivity contribution < 1.29 is 5.11 Å². The summed E-state index contributed by atoms with van der Waals surface area (Å²) in [6.07, 6.45) is 2.05. The monoisotopic (exact) mass is 250 g/mol. The van der Waals surface area contributed by atoms with Crippen LogP contribution in [0.5, 0.6) is 5.75 Å². The van der Waals surface area contributed by atoms with E-state index in [4.69, 9.17) is 5.26 Å². The molecule has 0 fully saturated rings. The van der Waals surface area contributed by atoms with Crippen LogP contribution in [0.1, 0.15) is 5.56 Å². The first kappa shape index (κ1) is 9.10. The van der Waals surface area contributed by atoms with Crippen LogP contribution in [0.3, 0.4) is 0 Å². The van der Waals surface area contributed by atoms with E-state index in [1.807, 2.05) is 6.07 Å². The molecule has 0 amide bonds. The van der Waals surface area contributed by atoms with Crippen molar-refractivity contribution in [3.05, 3.63) is 28.4 Å². The minimum Gasteiger partial charge on any atom is -0.507 e. The van der Waals surface area contributed by atoms with Crippen LogP contribution in [0, 0.1) is 11.3 Å². The van der Waals surface area contributed by atoms with E-state index in [1.165, 1.54) is 0 Å². The quantitative estimate of drug-likeness (QED) is 0.818. The number of aromatic amines is 1. The van der Waals surface area contributed by atoms with Crippen LogP contribution in [0.4, 0.5) is 0 Å². The molecule has 2 rings (SSSR count). The van der Waals surface area contributed by atoms with Crippen molar-refractivity contribution in [1.29, 1.82) is 5.26 Å². The van der Waals surface area contributed by atoms with E-state index in [-0.39, 0.29) is 5.75 Å². The molecule has 1 heterocycles. The summed E-state index contributed by atoms with van der Waals surface area (Å²) in [4.78, 5) is 3.01. The Morgan fingerprint density at radius 3 is 3.00 bits per heavy atom. The van der Waals surface area contributed by atoms with Crippen LogP contribution in [0.2, 0.25) is 0 Å². The summed E-state index contributed by atoms with van der Waals surface area (Å²) in [5.74, 6) is 0.195. The lowest BCUT2D eigenvalue weighted by molar-refractivity contribution is 0.481. The summed E-state index contributed by atoms with van der Waals surface area (Å²) in [6, 6.07) is 5.55. The Morgan fingerprint density at radius 2 is 2.29 bits per heavy atom. The predicted octanol–water partition coefficient (Wildman–Crippen LogP) is 2.70. The number of H-pyrrole nitrogens is 1. The average Bonchev–Trinajstić information content (AvgIpc) is 2.49. The third-order valence-electron chi connectivity index (χ3n) is 2.07. The first-order valence-corrected chi connectivity index (χ1v) is 4.87. The van der Waals surface area contributed by atoms with E-state index < -0.39 is 0 Å². The summed E-state index contributed by atoms with van der Waals surface area (Å²) in [5, 5.41) is 19.0. The minimum absolute atomic E-state index is 0.195. The van der Waals surface area contributed by atoms with Gasteiger partial charge in [0.1, 0.15) is 5.75 Å². The van der Waals surface area contributed by atoms with E-state index in [0.29, 0.717) is 6.42 Å².